The maximum absolute atomic E-state index is 12.9. The van der Waals surface area contributed by atoms with Gasteiger partial charge in [0.05, 0.1) is 18.6 Å². The zero-order chi connectivity index (χ0) is 20.2. The average molecular weight is 400 g/mol. The normalized spacial score (nSPS) is 24.0. The van der Waals surface area contributed by atoms with E-state index in [-0.39, 0.29) is 11.8 Å². The summed E-state index contributed by atoms with van der Waals surface area (Å²) < 4.78 is 5.36. The summed E-state index contributed by atoms with van der Waals surface area (Å²) in [6.07, 6.45) is 6.39. The van der Waals surface area contributed by atoms with Crippen molar-refractivity contribution in [1.82, 2.24) is 14.7 Å². The predicted molar refractivity (Wildman–Crippen MR) is 112 cm³/mol. The molecule has 3 fully saturated rings. The van der Waals surface area contributed by atoms with E-state index in [4.69, 9.17) is 4.74 Å². The molecule has 3 heterocycles. The quantitative estimate of drug-likeness (QED) is 0.781. The summed E-state index contributed by atoms with van der Waals surface area (Å²) in [4.78, 5) is 32.3. The first-order valence-corrected chi connectivity index (χ1v) is 11.1. The molecule has 29 heavy (non-hydrogen) atoms. The minimum atomic E-state index is 0.0571. The fourth-order valence-electron chi connectivity index (χ4n) is 5.16. The largest absolute Gasteiger partial charge is 0.496 e. The number of benzene rings is 1. The van der Waals surface area contributed by atoms with Crippen LogP contribution in [0.2, 0.25) is 0 Å². The third-order valence-corrected chi connectivity index (χ3v) is 6.83. The highest BCUT2D eigenvalue weighted by Crippen LogP contribution is 2.27. The van der Waals surface area contributed by atoms with Crippen LogP contribution in [0.3, 0.4) is 0 Å². The summed E-state index contributed by atoms with van der Waals surface area (Å²) in [5.41, 5.74) is 0.641. The average Bonchev–Trinajstić information content (AvgIpc) is 3.33. The number of nitrogens with zero attached hydrogens (tertiary/aromatic N) is 3. The fraction of sp³-hybridized carbons (Fsp3) is 0.652. The third kappa shape index (κ3) is 4.42. The first kappa shape index (κ1) is 20.2. The fourth-order valence-corrected chi connectivity index (χ4v) is 5.16. The Labute approximate surface area is 173 Å². The Morgan fingerprint density at radius 2 is 1.62 bits per heavy atom. The van der Waals surface area contributed by atoms with Gasteiger partial charge in [-0.15, -0.1) is 0 Å². The van der Waals surface area contributed by atoms with Gasteiger partial charge in [-0.2, -0.15) is 0 Å². The SMILES string of the molecule is COc1ccccc1C(=O)N1CCC(N2CCC[C@H](C(=O)N3CCCC3)C2)CC1. The number of hydrogen-bond donors (Lipinski definition) is 0. The smallest absolute Gasteiger partial charge is 0.257 e. The summed E-state index contributed by atoms with van der Waals surface area (Å²) in [6, 6.07) is 7.93. The molecule has 1 atom stereocenters. The number of rotatable bonds is 4. The number of carbonyl (C=O) groups excluding carboxylic acids is 2. The lowest BCUT2D eigenvalue weighted by atomic mass is 9.92. The Kier molecular flexibility index (Phi) is 6.38. The van der Waals surface area contributed by atoms with Gasteiger partial charge in [0, 0.05) is 38.8 Å². The van der Waals surface area contributed by atoms with E-state index < -0.39 is 0 Å². The molecule has 0 unspecified atom stereocenters. The Morgan fingerprint density at radius 1 is 0.897 bits per heavy atom. The van der Waals surface area contributed by atoms with Gasteiger partial charge in [-0.05, 0) is 57.2 Å². The maximum atomic E-state index is 12.9. The lowest BCUT2D eigenvalue weighted by Crippen LogP contribution is -2.51. The standard InChI is InChI=1S/C23H33N3O3/c1-29-21-9-3-2-8-20(21)23(28)25-15-10-19(11-16-25)26-14-6-7-18(17-26)22(27)24-12-4-5-13-24/h2-3,8-9,18-19H,4-7,10-17H2,1H3/t18-/m0/s1. The number of carbonyl (C=O) groups is 2. The summed E-state index contributed by atoms with van der Waals surface area (Å²) in [5, 5.41) is 0. The van der Waals surface area contributed by atoms with Crippen molar-refractivity contribution in [3.63, 3.8) is 0 Å². The van der Waals surface area contributed by atoms with Crippen LogP contribution in [0.5, 0.6) is 5.75 Å². The van der Waals surface area contributed by atoms with Crippen molar-refractivity contribution in [2.24, 2.45) is 5.92 Å². The molecule has 6 nitrogen and oxygen atoms in total. The molecule has 0 radical (unpaired) electrons. The van der Waals surface area contributed by atoms with Crippen LogP contribution >= 0.6 is 0 Å². The number of hydrogen-bond acceptors (Lipinski definition) is 4. The van der Waals surface area contributed by atoms with Gasteiger partial charge in [0.1, 0.15) is 5.75 Å². The topological polar surface area (TPSA) is 53.1 Å². The van der Waals surface area contributed by atoms with Gasteiger partial charge in [0.25, 0.3) is 5.91 Å². The van der Waals surface area contributed by atoms with Crippen molar-refractivity contribution >= 4 is 11.8 Å². The number of para-hydroxylation sites is 1. The number of ether oxygens (including phenoxy) is 1. The predicted octanol–water partition coefficient (Wildman–Crippen LogP) is 2.63. The molecule has 0 aromatic heterocycles. The second kappa shape index (κ2) is 9.16. The first-order valence-electron chi connectivity index (χ1n) is 11.1. The molecule has 0 saturated carbocycles. The third-order valence-electron chi connectivity index (χ3n) is 6.83. The van der Waals surface area contributed by atoms with Crippen LogP contribution < -0.4 is 4.74 Å². The van der Waals surface area contributed by atoms with E-state index in [0.29, 0.717) is 23.3 Å². The van der Waals surface area contributed by atoms with Crippen molar-refractivity contribution in [3.05, 3.63) is 29.8 Å². The summed E-state index contributed by atoms with van der Waals surface area (Å²) in [7, 11) is 1.61. The van der Waals surface area contributed by atoms with E-state index in [0.717, 1.165) is 77.8 Å². The number of amides is 2. The molecule has 0 spiro atoms. The van der Waals surface area contributed by atoms with E-state index in [1.165, 1.54) is 0 Å². The molecule has 3 saturated heterocycles. The monoisotopic (exact) mass is 399 g/mol. The van der Waals surface area contributed by atoms with E-state index in [9.17, 15) is 9.59 Å². The zero-order valence-electron chi connectivity index (χ0n) is 17.5. The maximum Gasteiger partial charge on any atom is 0.257 e. The van der Waals surface area contributed by atoms with Crippen molar-refractivity contribution in [3.8, 4) is 5.75 Å². The van der Waals surface area contributed by atoms with Crippen LogP contribution in [0.1, 0.15) is 48.9 Å². The Morgan fingerprint density at radius 3 is 2.34 bits per heavy atom. The molecular formula is C23H33N3O3. The van der Waals surface area contributed by atoms with Gasteiger partial charge < -0.3 is 14.5 Å². The molecule has 3 aliphatic heterocycles. The van der Waals surface area contributed by atoms with Crippen molar-refractivity contribution in [1.29, 1.82) is 0 Å². The van der Waals surface area contributed by atoms with Crippen LogP contribution in [0.25, 0.3) is 0 Å². The van der Waals surface area contributed by atoms with Crippen LogP contribution in [0.15, 0.2) is 24.3 Å². The highest BCUT2D eigenvalue weighted by Gasteiger charge is 2.35. The molecule has 1 aromatic carbocycles. The molecule has 4 rings (SSSR count). The van der Waals surface area contributed by atoms with Gasteiger partial charge in [-0.3, -0.25) is 14.5 Å². The highest BCUT2D eigenvalue weighted by atomic mass is 16.5. The number of methoxy groups -OCH3 is 1. The van der Waals surface area contributed by atoms with Gasteiger partial charge in [-0.1, -0.05) is 12.1 Å². The highest BCUT2D eigenvalue weighted by molar-refractivity contribution is 5.97. The van der Waals surface area contributed by atoms with E-state index in [2.05, 4.69) is 9.80 Å². The Bertz CT molecular complexity index is 724. The first-order chi connectivity index (χ1) is 14.2. The van der Waals surface area contributed by atoms with Gasteiger partial charge >= 0.3 is 0 Å². The van der Waals surface area contributed by atoms with Crippen LogP contribution in [-0.4, -0.2) is 78.9 Å². The zero-order valence-corrected chi connectivity index (χ0v) is 17.5. The van der Waals surface area contributed by atoms with E-state index in [1.54, 1.807) is 7.11 Å². The van der Waals surface area contributed by atoms with Crippen LogP contribution in [0.4, 0.5) is 0 Å². The molecule has 3 aliphatic rings. The van der Waals surface area contributed by atoms with Gasteiger partial charge in [0.15, 0.2) is 0 Å². The molecule has 2 amide bonds. The van der Waals surface area contributed by atoms with Crippen LogP contribution in [0, 0.1) is 5.92 Å². The van der Waals surface area contributed by atoms with Crippen molar-refractivity contribution in [2.75, 3.05) is 46.4 Å². The Balaban J connectivity index is 1.32. The molecule has 0 aliphatic carbocycles. The van der Waals surface area contributed by atoms with Crippen molar-refractivity contribution in [2.45, 2.75) is 44.6 Å². The summed E-state index contributed by atoms with van der Waals surface area (Å²) >= 11 is 0. The number of likely N-dealkylation sites (tertiary alicyclic amines) is 3. The lowest BCUT2D eigenvalue weighted by Gasteiger charge is -2.42. The summed E-state index contributed by atoms with van der Waals surface area (Å²) in [6.45, 7) is 5.39. The number of piperidine rings is 2. The van der Waals surface area contributed by atoms with Crippen LogP contribution in [-0.2, 0) is 4.79 Å². The molecule has 158 valence electrons. The lowest BCUT2D eigenvalue weighted by molar-refractivity contribution is -0.136. The Hall–Kier alpha value is -2.08. The van der Waals surface area contributed by atoms with Gasteiger partial charge in [0.2, 0.25) is 5.91 Å². The van der Waals surface area contributed by atoms with E-state index in [1.807, 2.05) is 29.2 Å². The molecule has 0 N–H and O–H groups in total. The second-order valence-electron chi connectivity index (χ2n) is 8.59. The molecular weight excluding hydrogens is 366 g/mol. The van der Waals surface area contributed by atoms with Gasteiger partial charge in [-0.25, -0.2) is 0 Å². The second-order valence-corrected chi connectivity index (χ2v) is 8.59. The minimum absolute atomic E-state index is 0.0571. The van der Waals surface area contributed by atoms with Crippen molar-refractivity contribution < 1.29 is 14.3 Å². The molecule has 0 bridgehead atoms. The van der Waals surface area contributed by atoms with E-state index >= 15 is 0 Å². The minimum Gasteiger partial charge on any atom is -0.496 e. The molecule has 6 heteroatoms. The summed E-state index contributed by atoms with van der Waals surface area (Å²) in [5.74, 6) is 1.23. The molecule has 1 aromatic rings.